The van der Waals surface area contributed by atoms with Gasteiger partial charge in [-0.3, -0.25) is 9.59 Å². The lowest BCUT2D eigenvalue weighted by Gasteiger charge is -2.19. The van der Waals surface area contributed by atoms with Crippen molar-refractivity contribution in [3.8, 4) is 6.07 Å². The number of Topliss-reactive ketones (excluding diaryl/α,β-unsaturated/α-hetero) is 1. The van der Waals surface area contributed by atoms with Crippen molar-refractivity contribution in [2.75, 3.05) is 24.4 Å². The molecule has 0 fully saturated rings. The molecule has 1 aromatic carbocycles. The molecule has 0 spiro atoms. The largest absolute Gasteiger partial charge is 0.469 e. The van der Waals surface area contributed by atoms with Crippen LogP contribution in [0.25, 0.3) is 0 Å². The first-order valence-electron chi connectivity index (χ1n) is 9.22. The summed E-state index contributed by atoms with van der Waals surface area (Å²) in [4.78, 5) is 32.5. The van der Waals surface area contributed by atoms with E-state index < -0.39 is 29.5 Å². The number of thioether (sulfide) groups is 1. The Morgan fingerprint density at radius 3 is 2.61 bits per heavy atom. The van der Waals surface area contributed by atoms with E-state index in [2.05, 4.69) is 20.0 Å². The summed E-state index contributed by atoms with van der Waals surface area (Å²) in [5.41, 5.74) is 5.02. The molecule has 2 rings (SSSR count). The number of anilines is 2. The molecule has 12 heteroatoms. The molecule has 2 aromatic rings. The molecule has 0 bridgehead atoms. The fourth-order valence-corrected chi connectivity index (χ4v) is 3.37. The van der Waals surface area contributed by atoms with Crippen LogP contribution < -0.4 is 11.1 Å². The SMILES string of the molecule is C.COC(=O)CC[C@H](Nc1nc(N)nc(SC)c1C#N)C(=O)Cc1cccc(C(F)(F)F)c1. The molecule has 0 saturated carbocycles. The number of aromatic nitrogens is 2. The Labute approximate surface area is 193 Å². The van der Waals surface area contributed by atoms with Gasteiger partial charge in [0.05, 0.1) is 18.7 Å². The van der Waals surface area contributed by atoms with Crippen molar-refractivity contribution in [3.05, 3.63) is 41.0 Å². The van der Waals surface area contributed by atoms with Gasteiger partial charge < -0.3 is 15.8 Å². The molecule has 3 N–H and O–H groups in total. The van der Waals surface area contributed by atoms with Crippen LogP contribution in [-0.2, 0) is 26.9 Å². The molecule has 0 aliphatic heterocycles. The number of nitriles is 1. The number of nitrogens with one attached hydrogen (secondary N) is 1. The zero-order chi connectivity index (χ0) is 23.9. The summed E-state index contributed by atoms with van der Waals surface area (Å²) < 4.78 is 43.6. The Morgan fingerprint density at radius 1 is 1.33 bits per heavy atom. The van der Waals surface area contributed by atoms with Gasteiger partial charge in [-0.15, -0.1) is 11.8 Å². The Morgan fingerprint density at radius 2 is 2.03 bits per heavy atom. The second-order valence-corrected chi connectivity index (χ2v) is 7.37. The normalized spacial score (nSPS) is 11.6. The summed E-state index contributed by atoms with van der Waals surface area (Å²) in [7, 11) is 1.19. The fraction of sp³-hybridized carbons (Fsp3) is 0.381. The van der Waals surface area contributed by atoms with Gasteiger partial charge in [0.2, 0.25) is 5.95 Å². The van der Waals surface area contributed by atoms with E-state index in [0.29, 0.717) is 5.03 Å². The van der Waals surface area contributed by atoms with Crippen molar-refractivity contribution in [1.82, 2.24) is 9.97 Å². The number of ketones is 1. The molecule has 8 nitrogen and oxygen atoms in total. The summed E-state index contributed by atoms with van der Waals surface area (Å²) in [6.45, 7) is 0. The van der Waals surface area contributed by atoms with Gasteiger partial charge in [-0.1, -0.05) is 25.6 Å². The van der Waals surface area contributed by atoms with Crippen molar-refractivity contribution in [2.45, 2.75) is 43.9 Å². The third-order valence-corrected chi connectivity index (χ3v) is 5.08. The van der Waals surface area contributed by atoms with E-state index in [-0.39, 0.29) is 49.6 Å². The first kappa shape index (κ1) is 27.7. The molecule has 0 aliphatic carbocycles. The van der Waals surface area contributed by atoms with Gasteiger partial charge in [0, 0.05) is 12.8 Å². The van der Waals surface area contributed by atoms with Gasteiger partial charge >= 0.3 is 12.1 Å². The van der Waals surface area contributed by atoms with Gasteiger partial charge in [0.25, 0.3) is 0 Å². The highest BCUT2D eigenvalue weighted by Crippen LogP contribution is 2.30. The minimum Gasteiger partial charge on any atom is -0.469 e. The third kappa shape index (κ3) is 7.64. The maximum Gasteiger partial charge on any atom is 0.416 e. The van der Waals surface area contributed by atoms with E-state index >= 15 is 0 Å². The molecular weight excluding hydrogens is 459 g/mol. The van der Waals surface area contributed by atoms with E-state index in [9.17, 15) is 28.0 Å². The number of esters is 1. The van der Waals surface area contributed by atoms with Gasteiger partial charge in [0.1, 0.15) is 16.7 Å². The minimum absolute atomic E-state index is 0. The number of nitrogens with zero attached hydrogens (tertiary/aromatic N) is 3. The number of rotatable bonds is 9. The van der Waals surface area contributed by atoms with Crippen LogP contribution in [-0.4, -0.2) is 41.1 Å². The predicted molar refractivity (Wildman–Crippen MR) is 118 cm³/mol. The standard InChI is InChI=1S/C20H20F3N5O3S.CH4/c1-31-16(30)7-6-14(26-17-13(10-24)18(32-2)28-19(25)27-17)15(29)9-11-4-3-5-12(8-11)20(21,22)23;/h3-5,8,14H,6-7,9H2,1-2H3,(H3,25,26,27,28);1H4/t14-;/m0./s1. The number of nitrogens with two attached hydrogens (primary N) is 1. The van der Waals surface area contributed by atoms with Gasteiger partial charge in [-0.2, -0.15) is 23.4 Å². The van der Waals surface area contributed by atoms with Crippen LogP contribution >= 0.6 is 11.8 Å². The average molecular weight is 484 g/mol. The van der Waals surface area contributed by atoms with E-state index in [1.54, 1.807) is 6.26 Å². The Hall–Kier alpha value is -3.33. The van der Waals surface area contributed by atoms with Crippen molar-refractivity contribution in [3.63, 3.8) is 0 Å². The summed E-state index contributed by atoms with van der Waals surface area (Å²) in [6.07, 6.45) is -3.37. The Kier molecular flexibility index (Phi) is 10.1. The van der Waals surface area contributed by atoms with Gasteiger partial charge in [-0.25, -0.2) is 4.98 Å². The number of nitrogen functional groups attached to an aromatic ring is 1. The number of benzene rings is 1. The lowest BCUT2D eigenvalue weighted by atomic mass is 9.98. The molecule has 0 unspecified atom stereocenters. The molecule has 1 heterocycles. The van der Waals surface area contributed by atoms with Crippen LogP contribution in [0.3, 0.4) is 0 Å². The molecule has 33 heavy (non-hydrogen) atoms. The van der Waals surface area contributed by atoms with E-state index in [4.69, 9.17) is 5.73 Å². The number of methoxy groups -OCH3 is 1. The first-order chi connectivity index (χ1) is 15.1. The minimum atomic E-state index is -4.55. The second kappa shape index (κ2) is 12.1. The third-order valence-electron chi connectivity index (χ3n) is 4.40. The first-order valence-corrected chi connectivity index (χ1v) is 10.4. The highest BCUT2D eigenvalue weighted by atomic mass is 32.2. The van der Waals surface area contributed by atoms with Crippen LogP contribution in [0.2, 0.25) is 0 Å². The predicted octanol–water partition coefficient (Wildman–Crippen LogP) is 3.85. The number of hydrogen-bond acceptors (Lipinski definition) is 9. The zero-order valence-corrected chi connectivity index (χ0v) is 18.0. The molecule has 0 aliphatic rings. The lowest BCUT2D eigenvalue weighted by Crippen LogP contribution is -2.32. The summed E-state index contributed by atoms with van der Waals surface area (Å²) in [5, 5.41) is 12.6. The average Bonchev–Trinajstić information content (AvgIpc) is 2.75. The van der Waals surface area contributed by atoms with Crippen molar-refractivity contribution < 1.29 is 27.5 Å². The monoisotopic (exact) mass is 483 g/mol. The van der Waals surface area contributed by atoms with E-state index in [1.165, 1.54) is 19.2 Å². The van der Waals surface area contributed by atoms with E-state index in [0.717, 1.165) is 23.9 Å². The zero-order valence-electron chi connectivity index (χ0n) is 17.2. The summed E-state index contributed by atoms with van der Waals surface area (Å²) >= 11 is 1.15. The Balaban J connectivity index is 0.00000544. The highest BCUT2D eigenvalue weighted by molar-refractivity contribution is 7.98. The van der Waals surface area contributed by atoms with Crippen molar-refractivity contribution in [2.24, 2.45) is 0 Å². The number of carbonyl (C=O) groups is 2. The maximum absolute atomic E-state index is 13.0. The Bertz CT molecular complexity index is 1040. The van der Waals surface area contributed by atoms with Crippen LogP contribution in [0.15, 0.2) is 29.3 Å². The molecule has 1 aromatic heterocycles. The van der Waals surface area contributed by atoms with Crippen molar-refractivity contribution >= 4 is 35.3 Å². The molecule has 0 saturated heterocycles. The van der Waals surface area contributed by atoms with Gasteiger partial charge in [-0.05, 0) is 24.3 Å². The summed E-state index contributed by atoms with van der Waals surface area (Å²) in [5.74, 6) is -1.21. The second-order valence-electron chi connectivity index (χ2n) is 6.58. The molecular formula is C21H24F3N5O3S. The maximum atomic E-state index is 13.0. The van der Waals surface area contributed by atoms with Crippen LogP contribution in [0.1, 0.15) is 37.0 Å². The number of alkyl halides is 3. The molecule has 0 radical (unpaired) electrons. The lowest BCUT2D eigenvalue weighted by molar-refractivity contribution is -0.141. The topological polar surface area (TPSA) is 131 Å². The number of ether oxygens (including phenoxy) is 1. The molecule has 178 valence electrons. The number of carbonyl (C=O) groups excluding carboxylic acids is 2. The number of halogens is 3. The molecule has 0 amide bonds. The van der Waals surface area contributed by atoms with Gasteiger partial charge in [0.15, 0.2) is 11.6 Å². The van der Waals surface area contributed by atoms with Crippen LogP contribution in [0.4, 0.5) is 24.9 Å². The summed E-state index contributed by atoms with van der Waals surface area (Å²) in [6, 6.07) is 5.32. The molecule has 1 atom stereocenters. The van der Waals surface area contributed by atoms with Crippen molar-refractivity contribution in [1.29, 1.82) is 5.26 Å². The van der Waals surface area contributed by atoms with Crippen LogP contribution in [0.5, 0.6) is 0 Å². The fourth-order valence-electron chi connectivity index (χ4n) is 2.83. The quantitative estimate of drug-likeness (QED) is 0.310. The number of hydrogen-bond donors (Lipinski definition) is 2. The smallest absolute Gasteiger partial charge is 0.416 e. The van der Waals surface area contributed by atoms with E-state index in [1.807, 2.05) is 6.07 Å². The van der Waals surface area contributed by atoms with Crippen LogP contribution in [0, 0.1) is 11.3 Å². The highest BCUT2D eigenvalue weighted by Gasteiger charge is 2.31.